The molecular formula is C17H23NO5S2. The summed E-state index contributed by atoms with van der Waals surface area (Å²) in [6.45, 7) is 5.65. The third-order valence-corrected chi connectivity index (χ3v) is 6.77. The molecule has 0 radical (unpaired) electrons. The van der Waals surface area contributed by atoms with E-state index in [-0.39, 0.29) is 23.5 Å². The van der Waals surface area contributed by atoms with Crippen molar-refractivity contribution in [3.63, 3.8) is 0 Å². The summed E-state index contributed by atoms with van der Waals surface area (Å²) in [5.41, 5.74) is 0. The van der Waals surface area contributed by atoms with Crippen molar-refractivity contribution in [1.29, 1.82) is 0 Å². The molecule has 1 aromatic rings. The van der Waals surface area contributed by atoms with Crippen molar-refractivity contribution in [2.45, 2.75) is 39.3 Å². The lowest BCUT2D eigenvalue weighted by Crippen LogP contribution is -2.46. The van der Waals surface area contributed by atoms with Crippen LogP contribution in [0.25, 0.3) is 6.08 Å². The molecule has 1 fully saturated rings. The quantitative estimate of drug-likeness (QED) is 0.553. The number of nitrogens with zero attached hydrogens (tertiary/aromatic N) is 1. The lowest BCUT2D eigenvalue weighted by molar-refractivity contribution is -0.156. The first-order valence-electron chi connectivity index (χ1n) is 8.18. The highest BCUT2D eigenvalue weighted by Crippen LogP contribution is 2.19. The Bertz CT molecular complexity index is 766. The van der Waals surface area contributed by atoms with Gasteiger partial charge in [0.05, 0.1) is 11.5 Å². The van der Waals surface area contributed by atoms with Crippen LogP contribution < -0.4 is 0 Å². The summed E-state index contributed by atoms with van der Waals surface area (Å²) in [6.07, 6.45) is 2.43. The molecular weight excluding hydrogens is 362 g/mol. The summed E-state index contributed by atoms with van der Waals surface area (Å²) in [5.74, 6) is -0.885. The number of hydrogen-bond donors (Lipinski definition) is 0. The molecule has 8 heteroatoms. The highest BCUT2D eigenvalue weighted by Gasteiger charge is 2.36. The predicted molar refractivity (Wildman–Crippen MR) is 98.1 cm³/mol. The van der Waals surface area contributed by atoms with E-state index in [1.165, 1.54) is 17.9 Å². The Labute approximate surface area is 152 Å². The number of rotatable bonds is 6. The molecule has 0 spiro atoms. The van der Waals surface area contributed by atoms with E-state index in [4.69, 9.17) is 4.74 Å². The van der Waals surface area contributed by atoms with Crippen molar-refractivity contribution >= 4 is 39.1 Å². The van der Waals surface area contributed by atoms with Crippen LogP contribution in [0.4, 0.5) is 0 Å². The molecule has 1 aliphatic rings. The number of ether oxygens (including phenoxy) is 1. The fraction of sp³-hybridized carbons (Fsp3) is 0.529. The smallest absolute Gasteiger partial charge is 0.331 e. The van der Waals surface area contributed by atoms with Gasteiger partial charge in [-0.3, -0.25) is 4.79 Å². The third kappa shape index (κ3) is 5.40. The van der Waals surface area contributed by atoms with Crippen molar-refractivity contribution in [1.82, 2.24) is 4.90 Å². The van der Waals surface area contributed by atoms with Crippen LogP contribution in [-0.2, 0) is 24.2 Å². The SMILES string of the molecule is CCN(C(=O)[C@H](C)OC(=O)/C=C/c1ccc(C)s1)[C@@H]1CCS(=O)(=O)C1. The largest absolute Gasteiger partial charge is 0.449 e. The molecule has 138 valence electrons. The van der Waals surface area contributed by atoms with Crippen molar-refractivity contribution < 1.29 is 22.7 Å². The minimum Gasteiger partial charge on any atom is -0.449 e. The highest BCUT2D eigenvalue weighted by atomic mass is 32.2. The van der Waals surface area contributed by atoms with Crippen molar-refractivity contribution in [2.24, 2.45) is 0 Å². The van der Waals surface area contributed by atoms with E-state index in [1.807, 2.05) is 19.1 Å². The summed E-state index contributed by atoms with van der Waals surface area (Å²) >= 11 is 1.55. The Hall–Kier alpha value is -1.67. The maximum absolute atomic E-state index is 12.5. The molecule has 1 aliphatic heterocycles. The van der Waals surface area contributed by atoms with Gasteiger partial charge in [0, 0.05) is 28.4 Å². The normalized spacial score (nSPS) is 20.5. The van der Waals surface area contributed by atoms with Crippen LogP contribution in [0.3, 0.4) is 0 Å². The molecule has 1 aromatic heterocycles. The van der Waals surface area contributed by atoms with Gasteiger partial charge in [0.1, 0.15) is 0 Å². The van der Waals surface area contributed by atoms with Gasteiger partial charge in [0.25, 0.3) is 5.91 Å². The monoisotopic (exact) mass is 385 g/mol. The number of thiophene rings is 1. The predicted octanol–water partition coefficient (Wildman–Crippen LogP) is 2.04. The Morgan fingerprint density at radius 3 is 2.68 bits per heavy atom. The van der Waals surface area contributed by atoms with Gasteiger partial charge < -0.3 is 9.64 Å². The number of hydrogen-bond acceptors (Lipinski definition) is 6. The Balaban J connectivity index is 1.94. The first kappa shape index (κ1) is 19.7. The minimum atomic E-state index is -3.08. The summed E-state index contributed by atoms with van der Waals surface area (Å²) in [7, 11) is -3.08. The molecule has 1 saturated heterocycles. The zero-order chi connectivity index (χ0) is 18.6. The molecule has 2 rings (SSSR count). The summed E-state index contributed by atoms with van der Waals surface area (Å²) in [4.78, 5) is 28.0. The van der Waals surface area contributed by atoms with Crippen LogP contribution in [0, 0.1) is 6.92 Å². The van der Waals surface area contributed by atoms with Gasteiger partial charge in [-0.15, -0.1) is 11.3 Å². The average molecular weight is 386 g/mol. The summed E-state index contributed by atoms with van der Waals surface area (Å²) < 4.78 is 28.4. The Kier molecular flexibility index (Phi) is 6.40. The van der Waals surface area contributed by atoms with E-state index in [0.29, 0.717) is 13.0 Å². The Morgan fingerprint density at radius 1 is 1.44 bits per heavy atom. The van der Waals surface area contributed by atoms with Crippen LogP contribution in [-0.4, -0.2) is 55.4 Å². The number of sulfone groups is 1. The van der Waals surface area contributed by atoms with Gasteiger partial charge in [-0.25, -0.2) is 13.2 Å². The molecule has 1 amide bonds. The molecule has 0 aromatic carbocycles. The van der Waals surface area contributed by atoms with Gasteiger partial charge in [0.2, 0.25) is 0 Å². The first-order valence-corrected chi connectivity index (χ1v) is 10.8. The van der Waals surface area contributed by atoms with Gasteiger partial charge in [-0.2, -0.15) is 0 Å². The average Bonchev–Trinajstić information content (AvgIpc) is 3.11. The van der Waals surface area contributed by atoms with Crippen LogP contribution in [0.2, 0.25) is 0 Å². The minimum absolute atomic E-state index is 0.0229. The second kappa shape index (κ2) is 8.14. The van der Waals surface area contributed by atoms with E-state index in [2.05, 4.69) is 0 Å². The highest BCUT2D eigenvalue weighted by molar-refractivity contribution is 7.91. The fourth-order valence-electron chi connectivity index (χ4n) is 2.81. The van der Waals surface area contributed by atoms with E-state index >= 15 is 0 Å². The summed E-state index contributed by atoms with van der Waals surface area (Å²) in [5, 5.41) is 0. The summed E-state index contributed by atoms with van der Waals surface area (Å²) in [6, 6.07) is 3.52. The second-order valence-corrected chi connectivity index (χ2v) is 9.59. The van der Waals surface area contributed by atoms with E-state index in [1.54, 1.807) is 24.3 Å². The van der Waals surface area contributed by atoms with Crippen LogP contribution in [0.1, 0.15) is 30.0 Å². The van der Waals surface area contributed by atoms with Crippen LogP contribution >= 0.6 is 11.3 Å². The standard InChI is InChI=1S/C17H23NO5S2/c1-4-18(14-9-10-25(21,22)11-14)17(20)13(3)23-16(19)8-7-15-6-5-12(2)24-15/h5-8,13-14H,4,9-11H2,1-3H3/b8-7+/t13-,14+/m0/s1. The maximum Gasteiger partial charge on any atom is 0.331 e. The number of carbonyl (C=O) groups is 2. The zero-order valence-corrected chi connectivity index (χ0v) is 16.2. The molecule has 0 N–H and O–H groups in total. The number of likely N-dealkylation sites (N-methyl/N-ethyl adjacent to an activating group) is 1. The van der Waals surface area contributed by atoms with Gasteiger partial charge >= 0.3 is 5.97 Å². The molecule has 0 bridgehead atoms. The maximum atomic E-state index is 12.5. The van der Waals surface area contributed by atoms with Crippen LogP contribution in [0.5, 0.6) is 0 Å². The van der Waals surface area contributed by atoms with Crippen LogP contribution in [0.15, 0.2) is 18.2 Å². The topological polar surface area (TPSA) is 80.8 Å². The van der Waals surface area contributed by atoms with Crippen molar-refractivity contribution in [3.05, 3.63) is 28.0 Å². The zero-order valence-electron chi connectivity index (χ0n) is 14.6. The molecule has 2 atom stereocenters. The Morgan fingerprint density at radius 2 is 2.16 bits per heavy atom. The second-order valence-electron chi connectivity index (χ2n) is 6.04. The number of amides is 1. The third-order valence-electron chi connectivity index (χ3n) is 4.06. The van der Waals surface area contributed by atoms with Gasteiger partial charge in [-0.1, -0.05) is 0 Å². The lowest BCUT2D eigenvalue weighted by Gasteiger charge is -2.29. The van der Waals surface area contributed by atoms with E-state index in [9.17, 15) is 18.0 Å². The number of esters is 1. The molecule has 6 nitrogen and oxygen atoms in total. The van der Waals surface area contributed by atoms with E-state index < -0.39 is 21.9 Å². The van der Waals surface area contributed by atoms with Crippen molar-refractivity contribution in [3.8, 4) is 0 Å². The first-order chi connectivity index (χ1) is 11.7. The molecule has 0 saturated carbocycles. The lowest BCUT2D eigenvalue weighted by atomic mass is 10.2. The number of carbonyl (C=O) groups excluding carboxylic acids is 2. The molecule has 0 aliphatic carbocycles. The number of aryl methyl sites for hydroxylation is 1. The van der Waals surface area contributed by atoms with Gasteiger partial charge in [-0.05, 0) is 45.4 Å². The molecule has 0 unspecified atom stereocenters. The van der Waals surface area contributed by atoms with Crippen molar-refractivity contribution in [2.75, 3.05) is 18.1 Å². The van der Waals surface area contributed by atoms with Gasteiger partial charge in [0.15, 0.2) is 15.9 Å². The molecule has 2 heterocycles. The molecule has 25 heavy (non-hydrogen) atoms. The van der Waals surface area contributed by atoms with E-state index in [0.717, 1.165) is 9.75 Å². The fourth-order valence-corrected chi connectivity index (χ4v) is 5.32.